The van der Waals surface area contributed by atoms with Gasteiger partial charge >= 0.3 is 5.97 Å². The number of hydrogen-bond donors (Lipinski definition) is 0. The van der Waals surface area contributed by atoms with E-state index in [4.69, 9.17) is 14.2 Å². The molecule has 148 valence electrons. The molecule has 0 N–H and O–H groups in total. The summed E-state index contributed by atoms with van der Waals surface area (Å²) >= 11 is 0. The van der Waals surface area contributed by atoms with Crippen LogP contribution in [0, 0.1) is 6.92 Å². The molecule has 0 aliphatic carbocycles. The van der Waals surface area contributed by atoms with Gasteiger partial charge in [-0.25, -0.2) is 4.79 Å². The molecule has 0 saturated carbocycles. The maximum Gasteiger partial charge on any atom is 0.339 e. The van der Waals surface area contributed by atoms with Gasteiger partial charge in [-0.1, -0.05) is 25.1 Å². The van der Waals surface area contributed by atoms with Crippen LogP contribution in [-0.4, -0.2) is 36.6 Å². The normalized spacial score (nSPS) is 12.6. The van der Waals surface area contributed by atoms with Crippen molar-refractivity contribution in [2.45, 2.75) is 20.3 Å². The smallest absolute Gasteiger partial charge is 0.339 e. The van der Waals surface area contributed by atoms with Gasteiger partial charge in [0, 0.05) is 16.6 Å². The first-order chi connectivity index (χ1) is 14.1. The van der Waals surface area contributed by atoms with Crippen molar-refractivity contribution in [2.24, 2.45) is 0 Å². The number of pyridine rings is 1. The van der Waals surface area contributed by atoms with Gasteiger partial charge in [0.1, 0.15) is 13.2 Å². The Hall–Kier alpha value is -3.41. The summed E-state index contributed by atoms with van der Waals surface area (Å²) in [6.07, 6.45) is 0.701. The Bertz CT molecular complexity index is 1110. The van der Waals surface area contributed by atoms with Gasteiger partial charge < -0.3 is 14.2 Å². The number of carbonyl (C=O) groups is 2. The van der Waals surface area contributed by atoms with Crippen molar-refractivity contribution in [1.29, 1.82) is 0 Å². The summed E-state index contributed by atoms with van der Waals surface area (Å²) in [7, 11) is 0. The number of ether oxygens (including phenoxy) is 3. The van der Waals surface area contributed by atoms with E-state index in [1.165, 1.54) is 0 Å². The van der Waals surface area contributed by atoms with Crippen LogP contribution in [0.4, 0.5) is 0 Å². The highest BCUT2D eigenvalue weighted by Crippen LogP contribution is 2.31. The minimum atomic E-state index is -0.526. The number of ketones is 1. The fraction of sp³-hybridized carbons (Fsp3) is 0.261. The molecule has 0 radical (unpaired) electrons. The monoisotopic (exact) mass is 391 g/mol. The first kappa shape index (κ1) is 18.9. The Morgan fingerprint density at radius 3 is 2.62 bits per heavy atom. The number of para-hydroxylation sites is 1. The molecular formula is C23H21NO5. The Morgan fingerprint density at radius 2 is 1.83 bits per heavy atom. The third-order valence-corrected chi connectivity index (χ3v) is 4.97. The predicted molar refractivity (Wildman–Crippen MR) is 108 cm³/mol. The number of hydrogen-bond acceptors (Lipinski definition) is 6. The van der Waals surface area contributed by atoms with Crippen molar-refractivity contribution in [3.63, 3.8) is 0 Å². The van der Waals surface area contributed by atoms with Gasteiger partial charge in [0.25, 0.3) is 0 Å². The Labute approximate surface area is 168 Å². The fourth-order valence-corrected chi connectivity index (χ4v) is 3.47. The van der Waals surface area contributed by atoms with Gasteiger partial charge in [-0.05, 0) is 43.2 Å². The van der Waals surface area contributed by atoms with Crippen LogP contribution in [0.25, 0.3) is 10.9 Å². The van der Waals surface area contributed by atoms with Gasteiger partial charge in [-0.3, -0.25) is 9.78 Å². The molecule has 0 spiro atoms. The lowest BCUT2D eigenvalue weighted by Crippen LogP contribution is -2.18. The lowest BCUT2D eigenvalue weighted by atomic mass is 10.0. The molecule has 29 heavy (non-hydrogen) atoms. The van der Waals surface area contributed by atoms with Gasteiger partial charge in [0.2, 0.25) is 0 Å². The second kappa shape index (κ2) is 7.91. The topological polar surface area (TPSA) is 74.7 Å². The molecule has 0 fully saturated rings. The molecule has 2 heterocycles. The summed E-state index contributed by atoms with van der Waals surface area (Å²) in [4.78, 5) is 30.0. The van der Waals surface area contributed by atoms with Crippen molar-refractivity contribution >= 4 is 22.7 Å². The molecule has 6 heteroatoms. The summed E-state index contributed by atoms with van der Waals surface area (Å²) < 4.78 is 16.4. The summed E-state index contributed by atoms with van der Waals surface area (Å²) in [6, 6.07) is 12.4. The van der Waals surface area contributed by atoms with Crippen molar-refractivity contribution in [3.05, 3.63) is 64.8 Å². The highest BCUT2D eigenvalue weighted by atomic mass is 16.6. The zero-order valence-corrected chi connectivity index (χ0v) is 16.4. The van der Waals surface area contributed by atoms with E-state index in [1.54, 1.807) is 18.2 Å². The van der Waals surface area contributed by atoms with Crippen molar-refractivity contribution in [3.8, 4) is 11.5 Å². The van der Waals surface area contributed by atoms with Crippen molar-refractivity contribution < 1.29 is 23.8 Å². The van der Waals surface area contributed by atoms with Crippen LogP contribution in [-0.2, 0) is 11.2 Å². The molecule has 0 amide bonds. The molecule has 1 aromatic heterocycles. The lowest BCUT2D eigenvalue weighted by Gasteiger charge is -2.18. The first-order valence-electron chi connectivity index (χ1n) is 9.56. The van der Waals surface area contributed by atoms with Crippen LogP contribution in [0.3, 0.4) is 0 Å². The number of benzene rings is 2. The van der Waals surface area contributed by atoms with E-state index in [9.17, 15) is 9.59 Å². The van der Waals surface area contributed by atoms with E-state index in [2.05, 4.69) is 4.98 Å². The molecule has 4 rings (SSSR count). The number of aryl methyl sites for hydroxylation is 1. The maximum atomic E-state index is 12.9. The highest BCUT2D eigenvalue weighted by molar-refractivity contribution is 6.06. The Morgan fingerprint density at radius 1 is 1.07 bits per heavy atom. The van der Waals surface area contributed by atoms with E-state index < -0.39 is 5.97 Å². The fourth-order valence-electron chi connectivity index (χ4n) is 3.47. The van der Waals surface area contributed by atoms with E-state index in [0.717, 1.165) is 22.2 Å². The van der Waals surface area contributed by atoms with Crippen LogP contribution in [0.15, 0.2) is 42.5 Å². The number of fused-ring (bicyclic) bond motifs is 2. The van der Waals surface area contributed by atoms with Crippen LogP contribution >= 0.6 is 0 Å². The standard InChI is InChI=1S/C23H21NO5/c1-3-17-14(2)22(16-6-4-5-7-18(16)24-17)23(26)29-13-19(25)15-8-9-20-21(12-15)28-11-10-27-20/h4-9,12H,3,10-11,13H2,1-2H3. The van der Waals surface area contributed by atoms with Gasteiger partial charge in [-0.15, -0.1) is 0 Å². The first-order valence-corrected chi connectivity index (χ1v) is 9.56. The van der Waals surface area contributed by atoms with Crippen LogP contribution in [0.5, 0.6) is 11.5 Å². The minimum Gasteiger partial charge on any atom is -0.486 e. The molecule has 3 aromatic rings. The SMILES string of the molecule is CCc1nc2ccccc2c(C(=O)OCC(=O)c2ccc3c(c2)OCCO3)c1C. The number of aromatic nitrogens is 1. The average Bonchev–Trinajstić information content (AvgIpc) is 2.76. The van der Waals surface area contributed by atoms with Crippen LogP contribution in [0.1, 0.15) is 38.9 Å². The molecular weight excluding hydrogens is 370 g/mol. The minimum absolute atomic E-state index is 0.304. The molecule has 6 nitrogen and oxygen atoms in total. The predicted octanol–water partition coefficient (Wildman–Crippen LogP) is 3.92. The molecule has 0 bridgehead atoms. The van der Waals surface area contributed by atoms with E-state index >= 15 is 0 Å². The van der Waals surface area contributed by atoms with Crippen LogP contribution in [0.2, 0.25) is 0 Å². The zero-order chi connectivity index (χ0) is 20.4. The largest absolute Gasteiger partial charge is 0.486 e. The van der Waals surface area contributed by atoms with Gasteiger partial charge in [0.15, 0.2) is 23.9 Å². The van der Waals surface area contributed by atoms with Gasteiger partial charge in [-0.2, -0.15) is 0 Å². The number of esters is 1. The van der Waals surface area contributed by atoms with E-state index in [0.29, 0.717) is 42.3 Å². The molecule has 1 aliphatic rings. The number of nitrogens with zero attached hydrogens (tertiary/aromatic N) is 1. The molecule has 1 aliphatic heterocycles. The molecule has 0 saturated heterocycles. The second-order valence-corrected chi connectivity index (χ2v) is 6.79. The summed E-state index contributed by atoms with van der Waals surface area (Å²) in [5, 5.41) is 0.721. The second-order valence-electron chi connectivity index (χ2n) is 6.79. The summed E-state index contributed by atoms with van der Waals surface area (Å²) in [6.45, 7) is 4.42. The van der Waals surface area contributed by atoms with Crippen molar-refractivity contribution in [2.75, 3.05) is 19.8 Å². The molecule has 0 atom stereocenters. The van der Waals surface area contributed by atoms with Crippen LogP contribution < -0.4 is 9.47 Å². The maximum absolute atomic E-state index is 12.9. The quantitative estimate of drug-likeness (QED) is 0.485. The highest BCUT2D eigenvalue weighted by Gasteiger charge is 2.21. The van der Waals surface area contributed by atoms with Crippen molar-refractivity contribution in [1.82, 2.24) is 4.98 Å². The van der Waals surface area contributed by atoms with E-state index in [1.807, 2.05) is 38.1 Å². The lowest BCUT2D eigenvalue weighted by molar-refractivity contribution is 0.0475. The number of carbonyl (C=O) groups excluding carboxylic acids is 2. The zero-order valence-electron chi connectivity index (χ0n) is 16.4. The van der Waals surface area contributed by atoms with Gasteiger partial charge in [0.05, 0.1) is 11.1 Å². The Kier molecular flexibility index (Phi) is 5.16. The average molecular weight is 391 g/mol. The molecule has 2 aromatic carbocycles. The summed E-state index contributed by atoms with van der Waals surface area (Å²) in [5.74, 6) is 0.302. The van der Waals surface area contributed by atoms with E-state index in [-0.39, 0.29) is 12.4 Å². The third kappa shape index (κ3) is 3.66. The molecule has 0 unspecified atom stereocenters. The number of rotatable bonds is 5. The Balaban J connectivity index is 1.56. The third-order valence-electron chi connectivity index (χ3n) is 4.97. The number of Topliss-reactive ketones (excluding diaryl/α,β-unsaturated/α-hetero) is 1. The summed E-state index contributed by atoms with van der Waals surface area (Å²) in [5.41, 5.74) is 3.23.